The first-order chi connectivity index (χ1) is 14.2. The number of nitrogens with zero attached hydrogens (tertiary/aromatic N) is 4. The summed E-state index contributed by atoms with van der Waals surface area (Å²) in [7, 11) is 3.78. The van der Waals surface area contributed by atoms with Crippen LogP contribution in [0.1, 0.15) is 56.6 Å². The fourth-order valence-electron chi connectivity index (χ4n) is 3.63. The maximum Gasteiger partial charge on any atom is 0.213 e. The van der Waals surface area contributed by atoms with E-state index in [0.29, 0.717) is 18.3 Å². The molecular weight excluding hydrogens is 376 g/mol. The molecule has 0 spiro atoms. The molecule has 7 nitrogen and oxygen atoms in total. The lowest BCUT2D eigenvalue weighted by molar-refractivity contribution is 0.185. The zero-order chi connectivity index (χ0) is 22.3. The molecule has 0 fully saturated rings. The lowest BCUT2D eigenvalue weighted by atomic mass is 10.1. The normalized spacial score (nSPS) is 14.0. The lowest BCUT2D eigenvalue weighted by Crippen LogP contribution is -2.42. The second kappa shape index (κ2) is 11.0. The van der Waals surface area contributed by atoms with Crippen molar-refractivity contribution in [2.75, 3.05) is 7.05 Å². The molecule has 0 saturated heterocycles. The highest BCUT2D eigenvalue weighted by Gasteiger charge is 2.14. The fourth-order valence-corrected chi connectivity index (χ4v) is 3.63. The number of ether oxygens (including phenoxy) is 1. The topological polar surface area (TPSA) is 76.4 Å². The van der Waals surface area contributed by atoms with Gasteiger partial charge in [0, 0.05) is 44.6 Å². The second-order valence-corrected chi connectivity index (χ2v) is 8.51. The van der Waals surface area contributed by atoms with Crippen molar-refractivity contribution >= 4 is 5.96 Å². The third-order valence-electron chi connectivity index (χ3n) is 5.16. The van der Waals surface area contributed by atoms with Crippen LogP contribution in [0.15, 0.2) is 23.3 Å². The van der Waals surface area contributed by atoms with Crippen molar-refractivity contribution in [3.63, 3.8) is 0 Å². The van der Waals surface area contributed by atoms with Gasteiger partial charge in [0.15, 0.2) is 5.96 Å². The van der Waals surface area contributed by atoms with E-state index >= 15 is 0 Å². The molecule has 2 aromatic heterocycles. The Labute approximate surface area is 181 Å². The second-order valence-electron chi connectivity index (χ2n) is 8.51. The summed E-state index contributed by atoms with van der Waals surface area (Å²) in [6.07, 6.45) is 3.85. The summed E-state index contributed by atoms with van der Waals surface area (Å²) >= 11 is 0. The molecular formula is C23H38N6O. The molecule has 0 bridgehead atoms. The Morgan fingerprint density at radius 3 is 2.57 bits per heavy atom. The van der Waals surface area contributed by atoms with Crippen molar-refractivity contribution in [3.8, 4) is 5.88 Å². The van der Waals surface area contributed by atoms with Crippen LogP contribution in [-0.4, -0.2) is 39.9 Å². The standard InChI is InChI=1S/C23H38N6O/c1-15(2)11-17(4)30-22-13-20(9-10-25-22)14-26-23(24-7)27-16(3)12-21-18(5)28-29(8)19(21)6/h9-10,13,15-17H,11-12,14H2,1-8H3,(H2,24,26,27). The van der Waals surface area contributed by atoms with E-state index in [1.165, 1.54) is 11.3 Å². The van der Waals surface area contributed by atoms with Crippen molar-refractivity contribution in [2.24, 2.45) is 18.0 Å². The number of aryl methyl sites for hydroxylation is 2. The Balaban J connectivity index is 1.90. The van der Waals surface area contributed by atoms with Crippen molar-refractivity contribution in [1.82, 2.24) is 25.4 Å². The van der Waals surface area contributed by atoms with Gasteiger partial charge in [0.25, 0.3) is 0 Å². The maximum absolute atomic E-state index is 5.96. The van der Waals surface area contributed by atoms with E-state index in [1.54, 1.807) is 13.2 Å². The smallest absolute Gasteiger partial charge is 0.213 e. The van der Waals surface area contributed by atoms with Crippen LogP contribution in [0.3, 0.4) is 0 Å². The number of guanidine groups is 1. The van der Waals surface area contributed by atoms with E-state index in [0.717, 1.165) is 30.1 Å². The summed E-state index contributed by atoms with van der Waals surface area (Å²) in [5, 5.41) is 11.4. The molecule has 0 amide bonds. The van der Waals surface area contributed by atoms with E-state index in [-0.39, 0.29) is 12.1 Å². The molecule has 2 N–H and O–H groups in total. The van der Waals surface area contributed by atoms with Crippen LogP contribution in [0.25, 0.3) is 0 Å². The lowest BCUT2D eigenvalue weighted by Gasteiger charge is -2.19. The molecule has 0 saturated carbocycles. The Morgan fingerprint density at radius 2 is 1.97 bits per heavy atom. The first-order valence-corrected chi connectivity index (χ1v) is 10.8. The van der Waals surface area contributed by atoms with Gasteiger partial charge in [0.05, 0.1) is 11.8 Å². The molecule has 2 aromatic rings. The van der Waals surface area contributed by atoms with Gasteiger partial charge in [-0.2, -0.15) is 5.10 Å². The van der Waals surface area contributed by atoms with Gasteiger partial charge in [0.2, 0.25) is 5.88 Å². The summed E-state index contributed by atoms with van der Waals surface area (Å²) < 4.78 is 7.90. The number of hydrogen-bond acceptors (Lipinski definition) is 4. The number of hydrogen-bond donors (Lipinski definition) is 2. The van der Waals surface area contributed by atoms with Crippen molar-refractivity contribution in [1.29, 1.82) is 0 Å². The quantitative estimate of drug-likeness (QED) is 0.485. The van der Waals surface area contributed by atoms with Crippen molar-refractivity contribution in [3.05, 3.63) is 40.8 Å². The molecule has 2 atom stereocenters. The van der Waals surface area contributed by atoms with Gasteiger partial charge in [-0.05, 0) is 63.6 Å². The Kier molecular flexibility index (Phi) is 8.69. The Bertz CT molecular complexity index is 842. The van der Waals surface area contributed by atoms with E-state index in [9.17, 15) is 0 Å². The monoisotopic (exact) mass is 414 g/mol. The summed E-state index contributed by atoms with van der Waals surface area (Å²) in [6.45, 7) is 13.5. The predicted octanol–water partition coefficient (Wildman–Crippen LogP) is 3.54. The van der Waals surface area contributed by atoms with E-state index in [1.807, 2.05) is 23.9 Å². The van der Waals surface area contributed by atoms with E-state index in [2.05, 4.69) is 67.3 Å². The van der Waals surface area contributed by atoms with Crippen LogP contribution in [0, 0.1) is 19.8 Å². The van der Waals surface area contributed by atoms with Gasteiger partial charge in [-0.1, -0.05) is 13.8 Å². The highest BCUT2D eigenvalue weighted by atomic mass is 16.5. The minimum Gasteiger partial charge on any atom is -0.475 e. The first kappa shape index (κ1) is 23.7. The van der Waals surface area contributed by atoms with Gasteiger partial charge >= 0.3 is 0 Å². The van der Waals surface area contributed by atoms with Gasteiger partial charge in [-0.3, -0.25) is 9.67 Å². The number of aromatic nitrogens is 3. The number of pyridine rings is 1. The maximum atomic E-state index is 5.96. The van der Waals surface area contributed by atoms with Gasteiger partial charge < -0.3 is 15.4 Å². The molecule has 0 aromatic carbocycles. The highest BCUT2D eigenvalue weighted by molar-refractivity contribution is 5.79. The highest BCUT2D eigenvalue weighted by Crippen LogP contribution is 2.15. The van der Waals surface area contributed by atoms with Crippen LogP contribution in [0.2, 0.25) is 0 Å². The van der Waals surface area contributed by atoms with Crippen LogP contribution in [0.4, 0.5) is 0 Å². The van der Waals surface area contributed by atoms with Crippen LogP contribution in [0.5, 0.6) is 5.88 Å². The zero-order valence-corrected chi connectivity index (χ0v) is 19.8. The van der Waals surface area contributed by atoms with Gasteiger partial charge in [-0.15, -0.1) is 0 Å². The minimum atomic E-state index is 0.149. The molecule has 0 aliphatic heterocycles. The number of nitrogens with one attached hydrogen (secondary N) is 2. The number of aliphatic imine (C=N–C) groups is 1. The largest absolute Gasteiger partial charge is 0.475 e. The molecule has 0 radical (unpaired) electrons. The fraction of sp³-hybridized carbons (Fsp3) is 0.609. The number of rotatable bonds is 9. The summed E-state index contributed by atoms with van der Waals surface area (Å²) in [6, 6.07) is 4.21. The third kappa shape index (κ3) is 7.04. The molecule has 30 heavy (non-hydrogen) atoms. The average Bonchev–Trinajstić information content (AvgIpc) is 2.90. The summed E-state index contributed by atoms with van der Waals surface area (Å²) in [4.78, 5) is 8.71. The minimum absolute atomic E-state index is 0.149. The van der Waals surface area contributed by atoms with Crippen molar-refractivity contribution in [2.45, 2.75) is 73.1 Å². The van der Waals surface area contributed by atoms with Crippen molar-refractivity contribution < 1.29 is 4.74 Å². The molecule has 2 unspecified atom stereocenters. The Hall–Kier alpha value is -2.57. The molecule has 7 heteroatoms. The molecule has 2 heterocycles. The van der Waals surface area contributed by atoms with E-state index in [4.69, 9.17) is 4.74 Å². The first-order valence-electron chi connectivity index (χ1n) is 10.8. The summed E-state index contributed by atoms with van der Waals surface area (Å²) in [5.74, 6) is 2.04. The van der Waals surface area contributed by atoms with E-state index < -0.39 is 0 Å². The molecule has 0 aliphatic carbocycles. The third-order valence-corrected chi connectivity index (χ3v) is 5.16. The predicted molar refractivity (Wildman–Crippen MR) is 123 cm³/mol. The molecule has 166 valence electrons. The van der Waals surface area contributed by atoms with Gasteiger partial charge in [-0.25, -0.2) is 4.98 Å². The summed E-state index contributed by atoms with van der Waals surface area (Å²) in [5.41, 5.74) is 4.69. The Morgan fingerprint density at radius 1 is 1.23 bits per heavy atom. The average molecular weight is 415 g/mol. The van der Waals surface area contributed by atoms with Crippen LogP contribution >= 0.6 is 0 Å². The van der Waals surface area contributed by atoms with Crippen LogP contribution in [-0.2, 0) is 20.0 Å². The van der Waals surface area contributed by atoms with Gasteiger partial charge in [0.1, 0.15) is 0 Å². The molecule has 0 aliphatic rings. The molecule has 2 rings (SSSR count). The zero-order valence-electron chi connectivity index (χ0n) is 19.8. The SMILES string of the molecule is CN=C(NCc1ccnc(OC(C)CC(C)C)c1)NC(C)Cc1c(C)nn(C)c1C. The van der Waals surface area contributed by atoms with Crippen LogP contribution < -0.4 is 15.4 Å².